The predicted octanol–water partition coefficient (Wildman–Crippen LogP) is 5.13. The quantitative estimate of drug-likeness (QED) is 0.447. The van der Waals surface area contributed by atoms with Gasteiger partial charge in [-0.3, -0.25) is 9.78 Å². The van der Waals surface area contributed by atoms with Crippen molar-refractivity contribution in [3.8, 4) is 0 Å². The molecular weight excluding hydrogens is 368 g/mol. The fourth-order valence-electron chi connectivity index (χ4n) is 2.82. The molecule has 0 aliphatic rings. The molecule has 1 heterocycles. The van der Waals surface area contributed by atoms with E-state index in [-0.39, 0.29) is 11.2 Å². The minimum Gasteiger partial charge on any atom is -0.588 e. The minimum absolute atomic E-state index is 0.0804. The van der Waals surface area contributed by atoms with Crippen molar-refractivity contribution in [2.75, 3.05) is 4.72 Å². The number of hydrogen-bond acceptors (Lipinski definition) is 4. The Morgan fingerprint density at radius 1 is 1.04 bits per heavy atom. The lowest BCUT2D eigenvalue weighted by atomic mass is 9.82. The van der Waals surface area contributed by atoms with Gasteiger partial charge >= 0.3 is 0 Å². The SMILES string of the molecule is CCC(C)(C)c1ccc([S+]([O-])Nc2ccccc2C(=O)c2ccncc2)cc1. The highest BCUT2D eigenvalue weighted by atomic mass is 32.2. The molecule has 1 unspecified atom stereocenters. The van der Waals surface area contributed by atoms with Gasteiger partial charge in [0.05, 0.1) is 11.3 Å². The second-order valence-electron chi connectivity index (χ2n) is 7.24. The third-order valence-electron chi connectivity index (χ3n) is 5.05. The number of rotatable bonds is 7. The maximum Gasteiger partial charge on any atom is 0.195 e. The van der Waals surface area contributed by atoms with Gasteiger partial charge in [0.25, 0.3) is 0 Å². The molecular formula is C23H24N2O2S. The Morgan fingerprint density at radius 3 is 2.32 bits per heavy atom. The molecule has 0 spiro atoms. The maximum atomic E-state index is 12.8. The monoisotopic (exact) mass is 392 g/mol. The Morgan fingerprint density at radius 2 is 1.68 bits per heavy atom. The molecule has 1 aromatic heterocycles. The van der Waals surface area contributed by atoms with Crippen LogP contribution >= 0.6 is 0 Å². The summed E-state index contributed by atoms with van der Waals surface area (Å²) in [7, 11) is 0. The lowest BCUT2D eigenvalue weighted by molar-refractivity contribution is 0.103. The summed E-state index contributed by atoms with van der Waals surface area (Å²) >= 11 is -1.47. The summed E-state index contributed by atoms with van der Waals surface area (Å²) in [6, 6.07) is 18.2. The highest BCUT2D eigenvalue weighted by molar-refractivity contribution is 7.92. The van der Waals surface area contributed by atoms with Gasteiger partial charge in [0.2, 0.25) is 0 Å². The molecule has 0 bridgehead atoms. The van der Waals surface area contributed by atoms with E-state index < -0.39 is 11.4 Å². The lowest BCUT2D eigenvalue weighted by Crippen LogP contribution is -2.18. The smallest absolute Gasteiger partial charge is 0.195 e. The number of carbonyl (C=O) groups excluding carboxylic acids is 1. The van der Waals surface area contributed by atoms with Gasteiger partial charge in [-0.05, 0) is 53.8 Å². The second kappa shape index (κ2) is 8.59. The zero-order valence-corrected chi connectivity index (χ0v) is 17.1. The van der Waals surface area contributed by atoms with Crippen molar-refractivity contribution in [1.29, 1.82) is 0 Å². The number of nitrogens with zero attached hydrogens (tertiary/aromatic N) is 1. The van der Waals surface area contributed by atoms with Crippen molar-refractivity contribution in [2.24, 2.45) is 0 Å². The maximum absolute atomic E-state index is 12.8. The van der Waals surface area contributed by atoms with Crippen molar-refractivity contribution < 1.29 is 9.35 Å². The summed E-state index contributed by atoms with van der Waals surface area (Å²) in [5, 5.41) is 0. The van der Waals surface area contributed by atoms with Gasteiger partial charge in [0.1, 0.15) is 11.4 Å². The number of hydrogen-bond donors (Lipinski definition) is 1. The van der Waals surface area contributed by atoms with Crippen LogP contribution in [0.4, 0.5) is 5.69 Å². The number of pyridine rings is 1. The van der Waals surface area contributed by atoms with E-state index in [1.165, 1.54) is 5.56 Å². The molecule has 4 nitrogen and oxygen atoms in total. The van der Waals surface area contributed by atoms with Crippen LogP contribution in [0, 0.1) is 0 Å². The number of nitrogens with one attached hydrogen (secondary N) is 1. The summed E-state index contributed by atoms with van der Waals surface area (Å²) in [6.45, 7) is 6.54. The van der Waals surface area contributed by atoms with Gasteiger partial charge in [-0.1, -0.05) is 45.0 Å². The van der Waals surface area contributed by atoms with E-state index >= 15 is 0 Å². The molecule has 144 valence electrons. The molecule has 28 heavy (non-hydrogen) atoms. The molecule has 0 saturated carbocycles. The molecule has 1 atom stereocenters. The summed E-state index contributed by atoms with van der Waals surface area (Å²) in [5.74, 6) is -0.137. The van der Waals surface area contributed by atoms with Crippen LogP contribution in [0.5, 0.6) is 0 Å². The third-order valence-corrected chi connectivity index (χ3v) is 6.16. The van der Waals surface area contributed by atoms with Crippen LogP contribution in [0.2, 0.25) is 0 Å². The molecule has 3 aromatic rings. The predicted molar refractivity (Wildman–Crippen MR) is 114 cm³/mol. The Kier molecular flexibility index (Phi) is 6.17. The van der Waals surface area contributed by atoms with E-state index in [9.17, 15) is 9.35 Å². The van der Waals surface area contributed by atoms with Crippen LogP contribution in [-0.2, 0) is 16.8 Å². The first-order valence-electron chi connectivity index (χ1n) is 9.25. The number of carbonyl (C=O) groups is 1. The lowest BCUT2D eigenvalue weighted by Gasteiger charge is -2.23. The number of ketones is 1. The topological polar surface area (TPSA) is 65.0 Å². The van der Waals surface area contributed by atoms with E-state index in [0.717, 1.165) is 6.42 Å². The van der Waals surface area contributed by atoms with Crippen molar-refractivity contribution >= 4 is 22.8 Å². The Hall–Kier alpha value is -2.63. The largest absolute Gasteiger partial charge is 0.588 e. The molecule has 0 aliphatic carbocycles. The number of benzene rings is 2. The number of para-hydroxylation sites is 1. The van der Waals surface area contributed by atoms with Crippen LogP contribution in [0.25, 0.3) is 0 Å². The number of aromatic nitrogens is 1. The van der Waals surface area contributed by atoms with Crippen LogP contribution < -0.4 is 4.72 Å². The fraction of sp³-hybridized carbons (Fsp3) is 0.217. The molecule has 0 fully saturated rings. The Bertz CT molecular complexity index is 940. The van der Waals surface area contributed by atoms with Crippen LogP contribution in [0.15, 0.2) is 78.0 Å². The van der Waals surface area contributed by atoms with Crippen molar-refractivity contribution in [1.82, 2.24) is 4.98 Å². The van der Waals surface area contributed by atoms with Gasteiger partial charge in [-0.2, -0.15) is 0 Å². The van der Waals surface area contributed by atoms with Crippen molar-refractivity contribution in [3.05, 3.63) is 89.7 Å². The molecule has 1 N–H and O–H groups in total. The molecule has 0 amide bonds. The summed E-state index contributed by atoms with van der Waals surface area (Å²) < 4.78 is 15.8. The minimum atomic E-state index is -1.47. The number of anilines is 1. The van der Waals surface area contributed by atoms with Crippen LogP contribution in [0.3, 0.4) is 0 Å². The van der Waals surface area contributed by atoms with E-state index in [1.54, 1.807) is 42.7 Å². The highest BCUT2D eigenvalue weighted by Gasteiger charge is 2.21. The van der Waals surface area contributed by atoms with Gasteiger partial charge in [-0.25, -0.2) is 4.72 Å². The van der Waals surface area contributed by atoms with E-state index in [2.05, 4.69) is 30.5 Å². The summed E-state index contributed by atoms with van der Waals surface area (Å²) in [5.41, 5.74) is 2.85. The summed E-state index contributed by atoms with van der Waals surface area (Å²) in [6.07, 6.45) is 4.19. The standard InChI is InChI=1S/C23H24N2O2S/c1-4-23(2,3)18-9-11-19(12-10-18)28(27)25-21-8-6-5-7-20(21)22(26)17-13-15-24-16-14-17/h5-16,25H,4H2,1-3H3. The Balaban J connectivity index is 1.82. The van der Waals surface area contributed by atoms with Crippen molar-refractivity contribution in [3.63, 3.8) is 0 Å². The first-order valence-corrected chi connectivity index (χ1v) is 10.4. The van der Waals surface area contributed by atoms with Gasteiger partial charge < -0.3 is 4.55 Å². The highest BCUT2D eigenvalue weighted by Crippen LogP contribution is 2.28. The van der Waals surface area contributed by atoms with Crippen LogP contribution in [0.1, 0.15) is 48.7 Å². The molecule has 0 aliphatic heterocycles. The summed E-state index contributed by atoms with van der Waals surface area (Å²) in [4.78, 5) is 17.4. The van der Waals surface area contributed by atoms with E-state index in [1.807, 2.05) is 30.3 Å². The van der Waals surface area contributed by atoms with Crippen LogP contribution in [-0.4, -0.2) is 15.3 Å². The first-order chi connectivity index (χ1) is 13.4. The zero-order valence-electron chi connectivity index (χ0n) is 16.3. The molecule has 0 radical (unpaired) electrons. The van der Waals surface area contributed by atoms with E-state index in [4.69, 9.17) is 0 Å². The van der Waals surface area contributed by atoms with Gasteiger partial charge in [0.15, 0.2) is 10.7 Å². The molecule has 0 saturated heterocycles. The normalized spacial score (nSPS) is 12.4. The average Bonchev–Trinajstić information content (AvgIpc) is 2.74. The van der Waals surface area contributed by atoms with Gasteiger partial charge in [-0.15, -0.1) is 0 Å². The van der Waals surface area contributed by atoms with E-state index in [0.29, 0.717) is 21.7 Å². The first kappa shape index (κ1) is 20.1. The Labute approximate surface area is 169 Å². The second-order valence-corrected chi connectivity index (χ2v) is 8.46. The zero-order chi connectivity index (χ0) is 20.1. The fourth-order valence-corrected chi connectivity index (χ4v) is 3.70. The third kappa shape index (κ3) is 4.43. The molecule has 2 aromatic carbocycles. The van der Waals surface area contributed by atoms with Gasteiger partial charge in [0, 0.05) is 18.0 Å². The average molecular weight is 393 g/mol. The molecule has 5 heteroatoms. The molecule has 3 rings (SSSR count). The van der Waals surface area contributed by atoms with Crippen molar-refractivity contribution in [2.45, 2.75) is 37.5 Å².